The third kappa shape index (κ3) is 2.83. The number of aromatic nitrogens is 4. The van der Waals surface area contributed by atoms with Crippen LogP contribution in [-0.2, 0) is 5.75 Å². The molecular weight excluding hydrogens is 359 g/mol. The average molecular weight is 367 g/mol. The van der Waals surface area contributed by atoms with Gasteiger partial charge in [-0.2, -0.15) is 0 Å². The third-order valence-electron chi connectivity index (χ3n) is 3.07. The van der Waals surface area contributed by atoms with Gasteiger partial charge in [0.1, 0.15) is 0 Å². The van der Waals surface area contributed by atoms with Gasteiger partial charge in [-0.05, 0) is 18.2 Å². The van der Waals surface area contributed by atoms with Crippen LogP contribution >= 0.6 is 35.0 Å². The quantitative estimate of drug-likeness (QED) is 0.492. The van der Waals surface area contributed by atoms with E-state index in [1.807, 2.05) is 12.1 Å². The smallest absolute Gasteiger partial charge is 0.202 e. The molecule has 0 radical (unpaired) electrons. The monoisotopic (exact) mass is 366 g/mol. The molecular formula is C14H8Cl2N4O2S. The largest absolute Gasteiger partial charge is 0.461 e. The van der Waals surface area contributed by atoms with Crippen LogP contribution in [0.25, 0.3) is 17.2 Å². The standard InChI is InChI=1S/C14H8Cl2N4O2S/c15-8-4-10(16)13-17-18-14(20(13)6-8)23-7-9-5-12(22-19-9)11-2-1-3-21-11/h1-6H,7H2. The van der Waals surface area contributed by atoms with Gasteiger partial charge in [-0.3, -0.25) is 4.40 Å². The highest BCUT2D eigenvalue weighted by molar-refractivity contribution is 7.98. The summed E-state index contributed by atoms with van der Waals surface area (Å²) >= 11 is 13.6. The van der Waals surface area contributed by atoms with E-state index in [1.54, 1.807) is 29.0 Å². The van der Waals surface area contributed by atoms with Gasteiger partial charge in [-0.15, -0.1) is 10.2 Å². The number of furan rings is 1. The number of thioether (sulfide) groups is 1. The Morgan fingerprint density at radius 1 is 1.17 bits per heavy atom. The number of hydrogen-bond donors (Lipinski definition) is 0. The maximum absolute atomic E-state index is 6.10. The number of halogens is 2. The second-order valence-corrected chi connectivity index (χ2v) is 6.42. The van der Waals surface area contributed by atoms with Crippen molar-refractivity contribution < 1.29 is 8.94 Å². The first-order valence-electron chi connectivity index (χ1n) is 6.53. The van der Waals surface area contributed by atoms with Crippen LogP contribution in [0.5, 0.6) is 0 Å². The highest BCUT2D eigenvalue weighted by atomic mass is 35.5. The molecule has 0 aromatic carbocycles. The molecule has 0 amide bonds. The van der Waals surface area contributed by atoms with E-state index < -0.39 is 0 Å². The van der Waals surface area contributed by atoms with Crippen molar-refractivity contribution in [2.45, 2.75) is 10.9 Å². The molecule has 4 aromatic rings. The van der Waals surface area contributed by atoms with Crippen molar-refractivity contribution in [3.05, 3.63) is 52.5 Å². The Labute approximate surface area is 144 Å². The molecule has 0 N–H and O–H groups in total. The summed E-state index contributed by atoms with van der Waals surface area (Å²) < 4.78 is 12.3. The van der Waals surface area contributed by atoms with Gasteiger partial charge in [0, 0.05) is 18.0 Å². The van der Waals surface area contributed by atoms with Crippen LogP contribution in [-0.4, -0.2) is 19.8 Å². The highest BCUT2D eigenvalue weighted by Gasteiger charge is 2.13. The van der Waals surface area contributed by atoms with Crippen LogP contribution in [0.4, 0.5) is 0 Å². The van der Waals surface area contributed by atoms with E-state index in [4.69, 9.17) is 32.1 Å². The summed E-state index contributed by atoms with van der Waals surface area (Å²) in [7, 11) is 0. The summed E-state index contributed by atoms with van der Waals surface area (Å²) in [6.45, 7) is 0. The zero-order valence-electron chi connectivity index (χ0n) is 11.4. The molecule has 0 spiro atoms. The molecule has 9 heteroatoms. The Morgan fingerprint density at radius 3 is 2.91 bits per heavy atom. The van der Waals surface area contributed by atoms with Crippen molar-refractivity contribution in [3.63, 3.8) is 0 Å². The summed E-state index contributed by atoms with van der Waals surface area (Å²) in [5.41, 5.74) is 1.33. The van der Waals surface area contributed by atoms with Crippen molar-refractivity contribution in [3.8, 4) is 11.5 Å². The second kappa shape index (κ2) is 5.92. The Bertz CT molecular complexity index is 965. The molecule has 0 saturated heterocycles. The van der Waals surface area contributed by atoms with E-state index in [0.717, 1.165) is 5.69 Å². The number of fused-ring (bicyclic) bond motifs is 1. The lowest BCUT2D eigenvalue weighted by Gasteiger charge is -2.00. The van der Waals surface area contributed by atoms with Gasteiger partial charge in [0.25, 0.3) is 0 Å². The fraction of sp³-hybridized carbons (Fsp3) is 0.0714. The zero-order chi connectivity index (χ0) is 15.8. The van der Waals surface area contributed by atoms with Crippen LogP contribution in [0.3, 0.4) is 0 Å². The number of rotatable bonds is 4. The van der Waals surface area contributed by atoms with Crippen molar-refractivity contribution in [1.29, 1.82) is 0 Å². The maximum Gasteiger partial charge on any atom is 0.202 e. The normalized spacial score (nSPS) is 11.4. The molecule has 23 heavy (non-hydrogen) atoms. The summed E-state index contributed by atoms with van der Waals surface area (Å²) in [4.78, 5) is 0. The Morgan fingerprint density at radius 2 is 2.09 bits per heavy atom. The minimum atomic E-state index is 0.457. The van der Waals surface area contributed by atoms with Crippen LogP contribution in [0.2, 0.25) is 10.0 Å². The number of nitrogens with zero attached hydrogens (tertiary/aromatic N) is 4. The lowest BCUT2D eigenvalue weighted by atomic mass is 10.3. The van der Waals surface area contributed by atoms with E-state index in [0.29, 0.717) is 38.1 Å². The first kappa shape index (κ1) is 14.6. The number of pyridine rings is 1. The van der Waals surface area contributed by atoms with Crippen LogP contribution in [0.1, 0.15) is 5.69 Å². The van der Waals surface area contributed by atoms with Crippen LogP contribution in [0, 0.1) is 0 Å². The van der Waals surface area contributed by atoms with E-state index in [9.17, 15) is 0 Å². The molecule has 0 aliphatic rings. The summed E-state index contributed by atoms with van der Waals surface area (Å²) in [6, 6.07) is 7.07. The molecule has 116 valence electrons. The predicted octanol–water partition coefficient (Wildman–Crippen LogP) is 4.58. The Kier molecular flexibility index (Phi) is 3.76. The molecule has 4 heterocycles. The molecule has 6 nitrogen and oxygen atoms in total. The summed E-state index contributed by atoms with van der Waals surface area (Å²) in [6.07, 6.45) is 3.31. The molecule has 0 saturated carbocycles. The van der Waals surface area contributed by atoms with E-state index in [1.165, 1.54) is 11.8 Å². The Hall–Kier alpha value is -1.96. The van der Waals surface area contributed by atoms with Gasteiger partial charge in [0.15, 0.2) is 16.6 Å². The molecule has 0 aliphatic heterocycles. The number of hydrogen-bond acceptors (Lipinski definition) is 6. The minimum absolute atomic E-state index is 0.457. The maximum atomic E-state index is 6.10. The molecule has 0 aliphatic carbocycles. The van der Waals surface area contributed by atoms with Crippen molar-refractivity contribution in [2.75, 3.05) is 0 Å². The minimum Gasteiger partial charge on any atom is -0.461 e. The highest BCUT2D eigenvalue weighted by Crippen LogP contribution is 2.28. The predicted molar refractivity (Wildman–Crippen MR) is 86.8 cm³/mol. The first-order valence-corrected chi connectivity index (χ1v) is 8.27. The fourth-order valence-electron chi connectivity index (χ4n) is 2.05. The average Bonchev–Trinajstić information content (AvgIpc) is 3.25. The van der Waals surface area contributed by atoms with Gasteiger partial charge in [0.2, 0.25) is 5.76 Å². The SMILES string of the molecule is Clc1cc(Cl)c2nnc(SCc3cc(-c4ccco4)on3)n2c1. The zero-order valence-corrected chi connectivity index (χ0v) is 13.8. The van der Waals surface area contributed by atoms with Crippen molar-refractivity contribution >= 4 is 40.6 Å². The van der Waals surface area contributed by atoms with Crippen LogP contribution in [0.15, 0.2) is 50.8 Å². The van der Waals surface area contributed by atoms with Gasteiger partial charge in [-0.1, -0.05) is 40.1 Å². The molecule has 4 rings (SSSR count). The molecule has 0 bridgehead atoms. The van der Waals surface area contributed by atoms with Gasteiger partial charge >= 0.3 is 0 Å². The molecule has 4 aromatic heterocycles. The van der Waals surface area contributed by atoms with E-state index in [-0.39, 0.29) is 0 Å². The summed E-state index contributed by atoms with van der Waals surface area (Å²) in [5, 5.41) is 13.9. The van der Waals surface area contributed by atoms with Gasteiger partial charge < -0.3 is 8.94 Å². The second-order valence-electron chi connectivity index (χ2n) is 4.63. The fourth-order valence-corrected chi connectivity index (χ4v) is 3.35. The first-order chi connectivity index (χ1) is 11.2. The lowest BCUT2D eigenvalue weighted by Crippen LogP contribution is -1.89. The van der Waals surface area contributed by atoms with Gasteiger partial charge in [0.05, 0.1) is 22.0 Å². The topological polar surface area (TPSA) is 69.4 Å². The van der Waals surface area contributed by atoms with Crippen molar-refractivity contribution in [1.82, 2.24) is 19.8 Å². The lowest BCUT2D eigenvalue weighted by molar-refractivity contribution is 0.413. The molecule has 0 fully saturated rings. The van der Waals surface area contributed by atoms with E-state index in [2.05, 4.69) is 15.4 Å². The third-order valence-corrected chi connectivity index (χ3v) is 4.53. The van der Waals surface area contributed by atoms with E-state index >= 15 is 0 Å². The summed E-state index contributed by atoms with van der Waals surface area (Å²) in [5.74, 6) is 1.79. The van der Waals surface area contributed by atoms with Crippen LogP contribution < -0.4 is 0 Å². The van der Waals surface area contributed by atoms with Crippen molar-refractivity contribution in [2.24, 2.45) is 0 Å². The molecule has 0 unspecified atom stereocenters. The molecule has 0 atom stereocenters. The van der Waals surface area contributed by atoms with Gasteiger partial charge in [-0.25, -0.2) is 0 Å². The Balaban J connectivity index is 1.56.